The summed E-state index contributed by atoms with van der Waals surface area (Å²) in [6.45, 7) is 0.200. The third kappa shape index (κ3) is 4.80. The molecule has 3 aromatic carbocycles. The second-order valence-corrected chi connectivity index (χ2v) is 8.88. The van der Waals surface area contributed by atoms with E-state index >= 15 is 0 Å². The van der Waals surface area contributed by atoms with Crippen LogP contribution in [-0.2, 0) is 11.4 Å². The normalized spacial score (nSPS) is 14.8. The molecular formula is C24H17ClFNO3S2. The molecule has 1 aliphatic heterocycles. The molecule has 0 radical (unpaired) electrons. The van der Waals surface area contributed by atoms with Gasteiger partial charge in [-0.25, -0.2) is 4.39 Å². The lowest BCUT2D eigenvalue weighted by molar-refractivity contribution is -0.113. The van der Waals surface area contributed by atoms with E-state index in [1.165, 1.54) is 35.9 Å². The SMILES string of the molecule is COc1cc(/C=C2/SC(=S)N(c3ccccc3)C2=O)cc(Cl)c1OCc1ccc(F)cc1. The number of thioether (sulfide) groups is 1. The number of nitrogens with zero attached hydrogens (tertiary/aromatic N) is 1. The average Bonchev–Trinajstić information content (AvgIpc) is 3.07. The fourth-order valence-corrected chi connectivity index (χ4v) is 4.69. The quantitative estimate of drug-likeness (QED) is 0.295. The van der Waals surface area contributed by atoms with Gasteiger partial charge in [0.1, 0.15) is 12.4 Å². The van der Waals surface area contributed by atoms with E-state index in [0.717, 1.165) is 11.3 Å². The monoisotopic (exact) mass is 485 g/mol. The topological polar surface area (TPSA) is 38.8 Å². The van der Waals surface area contributed by atoms with Crippen molar-refractivity contribution in [2.45, 2.75) is 6.61 Å². The summed E-state index contributed by atoms with van der Waals surface area (Å²) >= 11 is 13.1. The molecule has 0 bridgehead atoms. The summed E-state index contributed by atoms with van der Waals surface area (Å²) in [6.07, 6.45) is 1.72. The number of ether oxygens (including phenoxy) is 2. The highest BCUT2D eigenvalue weighted by Gasteiger charge is 2.33. The molecule has 3 aromatic rings. The van der Waals surface area contributed by atoms with Crippen LogP contribution in [0.5, 0.6) is 11.5 Å². The zero-order chi connectivity index (χ0) is 22.7. The van der Waals surface area contributed by atoms with Gasteiger partial charge in [0.15, 0.2) is 15.8 Å². The standard InChI is InChI=1S/C24H17ClFNO3S2/c1-29-20-12-16(11-19(25)22(20)30-14-15-7-9-17(26)10-8-15)13-21-23(28)27(24(31)32-21)18-5-3-2-4-6-18/h2-13H,14H2,1H3/b21-13+. The number of methoxy groups -OCH3 is 1. The molecule has 32 heavy (non-hydrogen) atoms. The van der Waals surface area contributed by atoms with Gasteiger partial charge >= 0.3 is 0 Å². The van der Waals surface area contributed by atoms with E-state index in [9.17, 15) is 9.18 Å². The molecular weight excluding hydrogens is 469 g/mol. The Kier molecular flexibility index (Phi) is 6.79. The number of carbonyl (C=O) groups is 1. The molecule has 0 saturated carbocycles. The smallest absolute Gasteiger partial charge is 0.270 e. The van der Waals surface area contributed by atoms with Gasteiger partial charge in [0, 0.05) is 0 Å². The molecule has 0 aliphatic carbocycles. The first-order valence-electron chi connectivity index (χ1n) is 9.54. The van der Waals surface area contributed by atoms with Gasteiger partial charge < -0.3 is 9.47 Å². The van der Waals surface area contributed by atoms with Crippen LogP contribution in [0, 0.1) is 5.82 Å². The van der Waals surface area contributed by atoms with Gasteiger partial charge in [-0.1, -0.05) is 65.9 Å². The van der Waals surface area contributed by atoms with Gasteiger partial charge in [0.05, 0.1) is 22.7 Å². The van der Waals surface area contributed by atoms with E-state index in [1.807, 2.05) is 30.3 Å². The molecule has 1 saturated heterocycles. The van der Waals surface area contributed by atoms with Gasteiger partial charge in [-0.05, 0) is 53.6 Å². The van der Waals surface area contributed by atoms with Gasteiger partial charge in [-0.15, -0.1) is 0 Å². The Morgan fingerprint density at radius 3 is 2.53 bits per heavy atom. The molecule has 1 fully saturated rings. The van der Waals surface area contributed by atoms with Crippen LogP contribution in [0.4, 0.5) is 10.1 Å². The predicted molar refractivity (Wildman–Crippen MR) is 131 cm³/mol. The van der Waals surface area contributed by atoms with Crippen molar-refractivity contribution in [1.29, 1.82) is 0 Å². The van der Waals surface area contributed by atoms with Crippen LogP contribution in [0.25, 0.3) is 6.08 Å². The first kappa shape index (κ1) is 22.3. The number of thiocarbonyl (C=S) groups is 1. The van der Waals surface area contributed by atoms with Crippen molar-refractivity contribution in [2.75, 3.05) is 12.0 Å². The number of anilines is 1. The number of hydrogen-bond donors (Lipinski definition) is 0. The number of para-hydroxylation sites is 1. The third-order valence-corrected chi connectivity index (χ3v) is 6.24. The summed E-state index contributed by atoms with van der Waals surface area (Å²) in [4.78, 5) is 14.9. The zero-order valence-corrected chi connectivity index (χ0v) is 19.3. The Morgan fingerprint density at radius 2 is 1.84 bits per heavy atom. The molecule has 4 nitrogen and oxygen atoms in total. The number of halogens is 2. The first-order chi connectivity index (χ1) is 15.5. The van der Waals surface area contributed by atoms with Crippen LogP contribution in [0.1, 0.15) is 11.1 Å². The van der Waals surface area contributed by atoms with Crippen molar-refractivity contribution >= 4 is 57.6 Å². The maximum atomic E-state index is 13.1. The summed E-state index contributed by atoms with van der Waals surface area (Å²) in [5.74, 6) is 0.279. The Balaban J connectivity index is 1.57. The molecule has 1 amide bonds. The number of rotatable bonds is 6. The van der Waals surface area contributed by atoms with E-state index in [2.05, 4.69) is 0 Å². The Bertz CT molecular complexity index is 1200. The predicted octanol–water partition coefficient (Wildman–Crippen LogP) is 6.47. The second-order valence-electron chi connectivity index (χ2n) is 6.80. The molecule has 4 rings (SSSR count). The fourth-order valence-electron chi connectivity index (χ4n) is 3.12. The highest BCUT2D eigenvalue weighted by Crippen LogP contribution is 2.40. The van der Waals surface area contributed by atoms with Crippen molar-refractivity contribution in [2.24, 2.45) is 0 Å². The molecule has 0 N–H and O–H groups in total. The maximum absolute atomic E-state index is 13.1. The van der Waals surface area contributed by atoms with Crippen molar-refractivity contribution < 1.29 is 18.7 Å². The minimum Gasteiger partial charge on any atom is -0.493 e. The molecule has 8 heteroatoms. The fraction of sp³-hybridized carbons (Fsp3) is 0.0833. The Hall–Kier alpha value is -2.87. The van der Waals surface area contributed by atoms with Crippen LogP contribution >= 0.6 is 35.6 Å². The summed E-state index contributed by atoms with van der Waals surface area (Å²) in [6, 6.07) is 18.7. The lowest BCUT2D eigenvalue weighted by atomic mass is 10.1. The van der Waals surface area contributed by atoms with Gasteiger partial charge in [-0.2, -0.15) is 0 Å². The van der Waals surface area contributed by atoms with Crippen LogP contribution in [0.2, 0.25) is 5.02 Å². The van der Waals surface area contributed by atoms with Gasteiger partial charge in [0.2, 0.25) is 0 Å². The van der Waals surface area contributed by atoms with Crippen LogP contribution < -0.4 is 14.4 Å². The third-order valence-electron chi connectivity index (χ3n) is 4.65. The largest absolute Gasteiger partial charge is 0.493 e. The van der Waals surface area contributed by atoms with Crippen LogP contribution in [-0.4, -0.2) is 17.3 Å². The second kappa shape index (κ2) is 9.73. The maximum Gasteiger partial charge on any atom is 0.270 e. The number of benzene rings is 3. The molecule has 0 unspecified atom stereocenters. The molecule has 0 spiro atoms. The van der Waals surface area contributed by atoms with Crippen molar-refractivity contribution in [1.82, 2.24) is 0 Å². The zero-order valence-electron chi connectivity index (χ0n) is 16.9. The van der Waals surface area contributed by atoms with Crippen molar-refractivity contribution in [3.63, 3.8) is 0 Å². The highest BCUT2D eigenvalue weighted by atomic mass is 35.5. The van der Waals surface area contributed by atoms with E-state index in [4.69, 9.17) is 33.3 Å². The molecule has 162 valence electrons. The van der Waals surface area contributed by atoms with Crippen LogP contribution in [0.15, 0.2) is 71.6 Å². The molecule has 0 aromatic heterocycles. The summed E-state index contributed by atoms with van der Waals surface area (Å²) in [5.41, 5.74) is 2.19. The van der Waals surface area contributed by atoms with Gasteiger partial charge in [-0.3, -0.25) is 9.69 Å². The van der Waals surface area contributed by atoms with E-state index in [-0.39, 0.29) is 18.3 Å². The number of carbonyl (C=O) groups excluding carboxylic acids is 1. The minimum atomic E-state index is -0.314. The van der Waals surface area contributed by atoms with Gasteiger partial charge in [0.25, 0.3) is 5.91 Å². The summed E-state index contributed by atoms with van der Waals surface area (Å²) < 4.78 is 24.8. The first-order valence-corrected chi connectivity index (χ1v) is 11.1. The lowest BCUT2D eigenvalue weighted by Crippen LogP contribution is -2.27. The highest BCUT2D eigenvalue weighted by molar-refractivity contribution is 8.27. The van der Waals surface area contributed by atoms with Crippen molar-refractivity contribution in [3.05, 3.63) is 93.6 Å². The number of amides is 1. The van der Waals surface area contributed by atoms with E-state index in [0.29, 0.717) is 31.3 Å². The Labute approximate surface area is 199 Å². The average molecular weight is 486 g/mol. The molecule has 1 aliphatic rings. The molecule has 0 atom stereocenters. The number of hydrogen-bond acceptors (Lipinski definition) is 5. The van der Waals surface area contributed by atoms with Crippen LogP contribution in [0.3, 0.4) is 0 Å². The Morgan fingerprint density at radius 1 is 1.12 bits per heavy atom. The summed E-state index contributed by atoms with van der Waals surface area (Å²) in [5, 5.41) is 0.330. The van der Waals surface area contributed by atoms with E-state index < -0.39 is 0 Å². The minimum absolute atomic E-state index is 0.196. The lowest BCUT2D eigenvalue weighted by Gasteiger charge is -2.14. The van der Waals surface area contributed by atoms with Crippen molar-refractivity contribution in [3.8, 4) is 11.5 Å². The molecule has 1 heterocycles. The summed E-state index contributed by atoms with van der Waals surface area (Å²) in [7, 11) is 1.51. The van der Waals surface area contributed by atoms with E-state index in [1.54, 1.807) is 30.3 Å².